The predicted octanol–water partition coefficient (Wildman–Crippen LogP) is 4.75. The van der Waals surface area contributed by atoms with Gasteiger partial charge in [-0.05, 0) is 43.3 Å². The minimum atomic E-state index is -0.323. The molecule has 0 aliphatic heterocycles. The molecule has 0 saturated heterocycles. The molecule has 0 atom stereocenters. The van der Waals surface area contributed by atoms with Gasteiger partial charge in [-0.2, -0.15) is 0 Å². The summed E-state index contributed by atoms with van der Waals surface area (Å²) in [6, 6.07) is 12.5. The molecule has 0 saturated carbocycles. The van der Waals surface area contributed by atoms with Gasteiger partial charge in [0.2, 0.25) is 0 Å². The molecule has 4 heterocycles. The largest absolute Gasteiger partial charge is 0.262 e. The maximum Gasteiger partial charge on any atom is 0.160 e. The summed E-state index contributed by atoms with van der Waals surface area (Å²) in [6.45, 7) is 1.92. The number of aromatic nitrogens is 5. The summed E-state index contributed by atoms with van der Waals surface area (Å²) < 4.78 is 14.5. The van der Waals surface area contributed by atoms with Crippen LogP contribution in [-0.4, -0.2) is 24.9 Å². The molecule has 0 unspecified atom stereocenters. The van der Waals surface area contributed by atoms with Gasteiger partial charge in [0, 0.05) is 34.3 Å². The Bertz CT molecular complexity index is 1340. The number of nitrogens with zero attached hydrogens (tertiary/aromatic N) is 5. The number of aryl methyl sites for hydroxylation is 1. The Morgan fingerprint density at radius 1 is 0.857 bits per heavy atom. The summed E-state index contributed by atoms with van der Waals surface area (Å²) in [4.78, 5) is 21.9. The summed E-state index contributed by atoms with van der Waals surface area (Å²) in [6.07, 6.45) is 6.59. The summed E-state index contributed by atoms with van der Waals surface area (Å²) in [5, 5.41) is 1.71. The average molecular weight is 367 g/mol. The zero-order valence-electron chi connectivity index (χ0n) is 15.0. The van der Waals surface area contributed by atoms with E-state index >= 15 is 0 Å². The molecule has 134 valence electrons. The Labute approximate surface area is 160 Å². The van der Waals surface area contributed by atoms with Gasteiger partial charge in [0.1, 0.15) is 12.1 Å². The fourth-order valence-electron chi connectivity index (χ4n) is 3.35. The minimum Gasteiger partial charge on any atom is -0.262 e. The van der Waals surface area contributed by atoms with E-state index in [0.717, 1.165) is 33.1 Å². The van der Waals surface area contributed by atoms with E-state index in [1.807, 2.05) is 31.2 Å². The van der Waals surface area contributed by atoms with Crippen molar-refractivity contribution in [3.05, 3.63) is 78.8 Å². The SMILES string of the molecule is Cc1ccc(F)c(-c2cc(-c3ncnc4cnccc34)c3cccnc3n2)c1. The molecule has 0 bridgehead atoms. The van der Waals surface area contributed by atoms with Gasteiger partial charge in [-0.1, -0.05) is 11.6 Å². The molecule has 0 fully saturated rings. The van der Waals surface area contributed by atoms with Crippen LogP contribution in [0.15, 0.2) is 67.4 Å². The second kappa shape index (κ2) is 6.42. The highest BCUT2D eigenvalue weighted by atomic mass is 19.1. The van der Waals surface area contributed by atoms with Crippen LogP contribution in [0, 0.1) is 12.7 Å². The molecule has 5 nitrogen and oxygen atoms in total. The van der Waals surface area contributed by atoms with Gasteiger partial charge in [0.15, 0.2) is 5.65 Å². The molecule has 5 rings (SSSR count). The number of fused-ring (bicyclic) bond motifs is 2. The van der Waals surface area contributed by atoms with Crippen LogP contribution in [0.4, 0.5) is 4.39 Å². The number of halogens is 1. The van der Waals surface area contributed by atoms with Crippen molar-refractivity contribution in [1.82, 2.24) is 24.9 Å². The first-order chi connectivity index (χ1) is 13.7. The van der Waals surface area contributed by atoms with E-state index in [9.17, 15) is 4.39 Å². The van der Waals surface area contributed by atoms with Gasteiger partial charge < -0.3 is 0 Å². The van der Waals surface area contributed by atoms with Crippen LogP contribution in [0.3, 0.4) is 0 Å². The Kier molecular flexibility index (Phi) is 3.76. The lowest BCUT2D eigenvalue weighted by atomic mass is 10.00. The van der Waals surface area contributed by atoms with E-state index < -0.39 is 0 Å². The molecule has 0 aliphatic rings. The van der Waals surface area contributed by atoms with E-state index in [1.54, 1.807) is 30.7 Å². The highest BCUT2D eigenvalue weighted by Gasteiger charge is 2.16. The minimum absolute atomic E-state index is 0.323. The van der Waals surface area contributed by atoms with E-state index in [-0.39, 0.29) is 5.82 Å². The smallest absolute Gasteiger partial charge is 0.160 e. The van der Waals surface area contributed by atoms with E-state index in [0.29, 0.717) is 16.9 Å². The lowest BCUT2D eigenvalue weighted by molar-refractivity contribution is 0.630. The molecule has 0 N–H and O–H groups in total. The Balaban J connectivity index is 1.87. The highest BCUT2D eigenvalue weighted by molar-refractivity contribution is 6.01. The molecule has 0 amide bonds. The van der Waals surface area contributed by atoms with Crippen LogP contribution in [0.5, 0.6) is 0 Å². The topological polar surface area (TPSA) is 64.5 Å². The second-order valence-electron chi connectivity index (χ2n) is 6.53. The van der Waals surface area contributed by atoms with Gasteiger partial charge in [-0.15, -0.1) is 0 Å². The molecule has 0 aliphatic carbocycles. The van der Waals surface area contributed by atoms with Crippen LogP contribution >= 0.6 is 0 Å². The third-order valence-electron chi connectivity index (χ3n) is 4.68. The first-order valence-electron chi connectivity index (χ1n) is 8.78. The first-order valence-corrected chi connectivity index (χ1v) is 8.78. The molecule has 0 spiro atoms. The highest BCUT2D eigenvalue weighted by Crippen LogP contribution is 2.34. The number of rotatable bonds is 2. The van der Waals surface area contributed by atoms with Crippen molar-refractivity contribution in [2.45, 2.75) is 6.92 Å². The monoisotopic (exact) mass is 367 g/mol. The maximum atomic E-state index is 14.5. The summed E-state index contributed by atoms with van der Waals surface area (Å²) in [5.74, 6) is -0.323. The van der Waals surface area contributed by atoms with Crippen molar-refractivity contribution >= 4 is 21.9 Å². The molecular formula is C22H14FN5. The molecule has 5 aromatic rings. The van der Waals surface area contributed by atoms with E-state index in [1.165, 1.54) is 12.4 Å². The molecule has 6 heteroatoms. The third kappa shape index (κ3) is 2.66. The van der Waals surface area contributed by atoms with Crippen LogP contribution in [0.2, 0.25) is 0 Å². The van der Waals surface area contributed by atoms with Crippen molar-refractivity contribution in [3.8, 4) is 22.5 Å². The summed E-state index contributed by atoms with van der Waals surface area (Å²) in [5.41, 5.74) is 4.76. The normalized spacial score (nSPS) is 11.2. The molecule has 4 aromatic heterocycles. The van der Waals surface area contributed by atoms with Crippen molar-refractivity contribution < 1.29 is 4.39 Å². The van der Waals surface area contributed by atoms with Gasteiger partial charge in [-0.25, -0.2) is 24.3 Å². The lowest BCUT2D eigenvalue weighted by Crippen LogP contribution is -1.96. The fraction of sp³-hybridized carbons (Fsp3) is 0.0455. The Morgan fingerprint density at radius 3 is 2.71 bits per heavy atom. The van der Waals surface area contributed by atoms with Crippen LogP contribution in [0.25, 0.3) is 44.5 Å². The molecule has 28 heavy (non-hydrogen) atoms. The van der Waals surface area contributed by atoms with Gasteiger partial charge in [-0.3, -0.25) is 4.98 Å². The van der Waals surface area contributed by atoms with Crippen LogP contribution < -0.4 is 0 Å². The van der Waals surface area contributed by atoms with E-state index in [4.69, 9.17) is 0 Å². The third-order valence-corrected chi connectivity index (χ3v) is 4.68. The summed E-state index contributed by atoms with van der Waals surface area (Å²) >= 11 is 0. The maximum absolute atomic E-state index is 14.5. The second-order valence-corrected chi connectivity index (χ2v) is 6.53. The standard InChI is InChI=1S/C22H14FN5/c1-13-4-5-18(23)17(9-13)19-10-16(14-3-2-7-25-22(14)28-19)21-15-6-8-24-11-20(15)26-12-27-21/h2-12H,1H3. The Hall–Kier alpha value is -3.80. The van der Waals surface area contributed by atoms with Crippen LogP contribution in [0.1, 0.15) is 5.56 Å². The van der Waals surface area contributed by atoms with Crippen molar-refractivity contribution in [2.75, 3.05) is 0 Å². The zero-order valence-corrected chi connectivity index (χ0v) is 15.0. The number of pyridine rings is 3. The van der Waals surface area contributed by atoms with Crippen molar-refractivity contribution in [3.63, 3.8) is 0 Å². The van der Waals surface area contributed by atoms with Gasteiger partial charge >= 0.3 is 0 Å². The zero-order chi connectivity index (χ0) is 19.1. The van der Waals surface area contributed by atoms with E-state index in [2.05, 4.69) is 24.9 Å². The lowest BCUT2D eigenvalue weighted by Gasteiger charge is -2.11. The number of benzene rings is 1. The molecular weight excluding hydrogens is 353 g/mol. The number of hydrogen-bond acceptors (Lipinski definition) is 5. The van der Waals surface area contributed by atoms with Crippen molar-refractivity contribution in [1.29, 1.82) is 0 Å². The van der Waals surface area contributed by atoms with Gasteiger partial charge in [0.25, 0.3) is 0 Å². The fourth-order valence-corrected chi connectivity index (χ4v) is 3.35. The van der Waals surface area contributed by atoms with Gasteiger partial charge in [0.05, 0.1) is 23.1 Å². The quantitative estimate of drug-likeness (QED) is 0.450. The average Bonchev–Trinajstić information content (AvgIpc) is 2.74. The van der Waals surface area contributed by atoms with Crippen LogP contribution in [-0.2, 0) is 0 Å². The Morgan fingerprint density at radius 2 is 1.79 bits per heavy atom. The van der Waals surface area contributed by atoms with Crippen molar-refractivity contribution in [2.24, 2.45) is 0 Å². The first kappa shape index (κ1) is 16.4. The predicted molar refractivity (Wildman–Crippen MR) is 106 cm³/mol. The number of hydrogen-bond donors (Lipinski definition) is 0. The molecule has 0 radical (unpaired) electrons. The summed E-state index contributed by atoms with van der Waals surface area (Å²) in [7, 11) is 0. The molecule has 1 aromatic carbocycles.